The molecule has 0 bridgehead atoms. The topological polar surface area (TPSA) is 35.6 Å². The van der Waals surface area contributed by atoms with Crippen molar-refractivity contribution in [3.05, 3.63) is 146 Å². The first-order valence-corrected chi connectivity index (χ1v) is 14.2. The van der Waals surface area contributed by atoms with E-state index >= 15 is 0 Å². The summed E-state index contributed by atoms with van der Waals surface area (Å²) < 4.78 is 4.84. The highest BCUT2D eigenvalue weighted by molar-refractivity contribution is 6.20. The Balaban J connectivity index is 1.46. The van der Waals surface area contributed by atoms with Gasteiger partial charge in [0, 0.05) is 39.0 Å². The van der Waals surface area contributed by atoms with Crippen molar-refractivity contribution in [3.8, 4) is 22.6 Å². The number of hydrogen-bond acceptors (Lipinski definition) is 2. The Morgan fingerprint density at radius 2 is 1.05 bits per heavy atom. The molecule has 196 valence electrons. The van der Waals surface area contributed by atoms with E-state index in [-0.39, 0.29) is 0 Å². The lowest BCUT2D eigenvalue weighted by Gasteiger charge is -2.15. The van der Waals surface area contributed by atoms with Crippen LogP contribution in [0.3, 0.4) is 0 Å². The van der Waals surface area contributed by atoms with Gasteiger partial charge in [-0.05, 0) is 42.5 Å². The number of nitrogens with zero attached hydrogens (tertiary/aromatic N) is 4. The van der Waals surface area contributed by atoms with Gasteiger partial charge in [0.25, 0.3) is 0 Å². The molecule has 42 heavy (non-hydrogen) atoms. The summed E-state index contributed by atoms with van der Waals surface area (Å²) in [5, 5.41) is 4.62. The van der Waals surface area contributed by atoms with Gasteiger partial charge in [0.05, 0.1) is 44.5 Å². The summed E-state index contributed by atoms with van der Waals surface area (Å²) in [6.45, 7) is 0. The van der Waals surface area contributed by atoms with Gasteiger partial charge in [0.15, 0.2) is 0 Å². The maximum Gasteiger partial charge on any atom is 0.0965 e. The molecule has 0 atom stereocenters. The first kappa shape index (κ1) is 23.0. The van der Waals surface area contributed by atoms with Crippen LogP contribution in [0.1, 0.15) is 0 Å². The van der Waals surface area contributed by atoms with Crippen LogP contribution in [0.25, 0.3) is 77.3 Å². The SMILES string of the molecule is c1ccc(-n2c3ccccc3c3c2c2ccccc2n3-c2ccccc2-c2nc3cccnc3c3ccccc23)cc1. The smallest absolute Gasteiger partial charge is 0.0965 e. The van der Waals surface area contributed by atoms with Crippen molar-refractivity contribution in [2.24, 2.45) is 0 Å². The first-order valence-electron chi connectivity index (χ1n) is 14.2. The van der Waals surface area contributed by atoms with Crippen molar-refractivity contribution in [2.45, 2.75) is 0 Å². The molecule has 0 spiro atoms. The summed E-state index contributed by atoms with van der Waals surface area (Å²) in [4.78, 5) is 9.93. The lowest BCUT2D eigenvalue weighted by atomic mass is 10.0. The molecule has 4 heteroatoms. The molecule has 0 aliphatic heterocycles. The molecule has 9 rings (SSSR count). The van der Waals surface area contributed by atoms with E-state index in [9.17, 15) is 0 Å². The average molecular weight is 537 g/mol. The van der Waals surface area contributed by atoms with Gasteiger partial charge in [0.1, 0.15) is 0 Å². The Labute approximate surface area is 241 Å². The summed E-state index contributed by atoms with van der Waals surface area (Å²) in [5.74, 6) is 0. The molecule has 0 aliphatic carbocycles. The second-order valence-electron chi connectivity index (χ2n) is 10.6. The molecular weight excluding hydrogens is 512 g/mol. The molecule has 5 aromatic carbocycles. The summed E-state index contributed by atoms with van der Waals surface area (Å²) in [7, 11) is 0. The maximum atomic E-state index is 5.24. The zero-order valence-corrected chi connectivity index (χ0v) is 22.6. The fourth-order valence-electron chi connectivity index (χ4n) is 6.63. The van der Waals surface area contributed by atoms with Gasteiger partial charge in [-0.25, -0.2) is 4.98 Å². The van der Waals surface area contributed by atoms with E-state index in [0.717, 1.165) is 50.0 Å². The second kappa shape index (κ2) is 8.88. The average Bonchev–Trinajstić information content (AvgIpc) is 3.58. The van der Waals surface area contributed by atoms with Crippen LogP contribution < -0.4 is 0 Å². The molecule has 0 radical (unpaired) electrons. The van der Waals surface area contributed by atoms with Crippen LogP contribution in [0.5, 0.6) is 0 Å². The molecule has 0 fully saturated rings. The van der Waals surface area contributed by atoms with Crippen LogP contribution in [0.4, 0.5) is 0 Å². The van der Waals surface area contributed by atoms with Crippen LogP contribution >= 0.6 is 0 Å². The summed E-state index contributed by atoms with van der Waals surface area (Å²) >= 11 is 0. The zero-order valence-electron chi connectivity index (χ0n) is 22.6. The van der Waals surface area contributed by atoms with Crippen molar-refractivity contribution in [1.82, 2.24) is 19.1 Å². The van der Waals surface area contributed by atoms with Gasteiger partial charge >= 0.3 is 0 Å². The molecule has 0 saturated carbocycles. The Morgan fingerprint density at radius 1 is 0.452 bits per heavy atom. The van der Waals surface area contributed by atoms with Gasteiger partial charge in [0.2, 0.25) is 0 Å². The van der Waals surface area contributed by atoms with Crippen molar-refractivity contribution in [1.29, 1.82) is 0 Å². The quantitative estimate of drug-likeness (QED) is 0.211. The van der Waals surface area contributed by atoms with Gasteiger partial charge in [-0.3, -0.25) is 4.98 Å². The lowest BCUT2D eigenvalue weighted by Crippen LogP contribution is -1.99. The van der Waals surface area contributed by atoms with Crippen molar-refractivity contribution in [2.75, 3.05) is 0 Å². The number of rotatable bonds is 3. The highest BCUT2D eigenvalue weighted by atomic mass is 15.1. The van der Waals surface area contributed by atoms with Crippen molar-refractivity contribution >= 4 is 54.6 Å². The minimum absolute atomic E-state index is 0.893. The monoisotopic (exact) mass is 536 g/mol. The number of para-hydroxylation sites is 4. The van der Waals surface area contributed by atoms with E-state index in [0.29, 0.717) is 0 Å². The van der Waals surface area contributed by atoms with Crippen molar-refractivity contribution in [3.63, 3.8) is 0 Å². The molecule has 0 aliphatic rings. The van der Waals surface area contributed by atoms with Crippen LogP contribution in [0.2, 0.25) is 0 Å². The zero-order chi connectivity index (χ0) is 27.6. The van der Waals surface area contributed by atoms with E-state index in [1.807, 2.05) is 12.3 Å². The molecule has 0 amide bonds. The predicted molar refractivity (Wildman–Crippen MR) is 174 cm³/mol. The molecule has 4 heterocycles. The van der Waals surface area contributed by atoms with E-state index in [2.05, 4.69) is 143 Å². The second-order valence-corrected chi connectivity index (χ2v) is 10.6. The Hall–Kier alpha value is -5.74. The summed E-state index contributed by atoms with van der Waals surface area (Å²) in [6, 6.07) is 49.3. The molecular formula is C38H24N4. The largest absolute Gasteiger partial charge is 0.307 e. The number of hydrogen-bond donors (Lipinski definition) is 0. The molecule has 9 aromatic rings. The van der Waals surface area contributed by atoms with E-state index in [4.69, 9.17) is 9.97 Å². The van der Waals surface area contributed by atoms with Gasteiger partial charge in [-0.1, -0.05) is 97.1 Å². The molecule has 0 unspecified atom stereocenters. The van der Waals surface area contributed by atoms with Crippen LogP contribution in [-0.4, -0.2) is 19.1 Å². The van der Waals surface area contributed by atoms with E-state index in [1.165, 1.54) is 27.3 Å². The predicted octanol–water partition coefficient (Wildman–Crippen LogP) is 9.49. The molecule has 4 nitrogen and oxygen atoms in total. The fraction of sp³-hybridized carbons (Fsp3) is 0. The van der Waals surface area contributed by atoms with Gasteiger partial charge < -0.3 is 9.13 Å². The number of aromatic nitrogens is 4. The molecule has 4 aromatic heterocycles. The normalized spacial score (nSPS) is 11.8. The Bertz CT molecular complexity index is 2460. The third-order valence-corrected chi connectivity index (χ3v) is 8.34. The van der Waals surface area contributed by atoms with E-state index < -0.39 is 0 Å². The highest BCUT2D eigenvalue weighted by Crippen LogP contribution is 2.43. The number of pyridine rings is 2. The van der Waals surface area contributed by atoms with Gasteiger partial charge in [-0.15, -0.1) is 0 Å². The minimum atomic E-state index is 0.893. The third-order valence-electron chi connectivity index (χ3n) is 8.34. The van der Waals surface area contributed by atoms with E-state index in [1.54, 1.807) is 0 Å². The van der Waals surface area contributed by atoms with Gasteiger partial charge in [-0.2, -0.15) is 0 Å². The van der Waals surface area contributed by atoms with Crippen molar-refractivity contribution < 1.29 is 0 Å². The van der Waals surface area contributed by atoms with Crippen LogP contribution in [0.15, 0.2) is 146 Å². The highest BCUT2D eigenvalue weighted by Gasteiger charge is 2.23. The summed E-state index contributed by atoms with van der Waals surface area (Å²) in [6.07, 6.45) is 1.84. The number of fused-ring (bicyclic) bond motifs is 8. The Morgan fingerprint density at radius 3 is 1.83 bits per heavy atom. The standard InChI is InChI=1S/C38H24N4/c1-2-13-25(14-3-1)41-33-22-10-7-18-29(33)38-37(41)30-19-8-11-23-34(30)42(38)32-21-9-6-17-28(32)35-26-15-4-5-16-27(26)36-31(40-35)20-12-24-39-36/h1-24H. The van der Waals surface area contributed by atoms with Crippen LogP contribution in [-0.2, 0) is 0 Å². The maximum absolute atomic E-state index is 5.24. The first-order chi connectivity index (χ1) is 20.9. The number of benzene rings is 5. The third kappa shape index (κ3) is 3.17. The molecule has 0 saturated heterocycles. The summed E-state index contributed by atoms with van der Waals surface area (Å²) in [5.41, 5.74) is 10.8. The van der Waals surface area contributed by atoms with Crippen LogP contribution in [0, 0.1) is 0 Å². The fourth-order valence-corrected chi connectivity index (χ4v) is 6.63. The lowest BCUT2D eigenvalue weighted by molar-refractivity contribution is 1.17. The minimum Gasteiger partial charge on any atom is -0.307 e. The Kier molecular flexibility index (Phi) is 4.87. The molecule has 0 N–H and O–H groups in total.